The molecule has 0 bridgehead atoms. The summed E-state index contributed by atoms with van der Waals surface area (Å²) in [6.45, 7) is 2.08. The molecule has 4 rings (SSSR count). The first-order valence-corrected chi connectivity index (χ1v) is 8.56. The topological polar surface area (TPSA) is 59.2 Å². The van der Waals surface area contributed by atoms with Gasteiger partial charge in [0.15, 0.2) is 0 Å². The van der Waals surface area contributed by atoms with Crippen LogP contribution in [0.5, 0.6) is 0 Å². The molecule has 1 aliphatic rings. The Morgan fingerprint density at radius 3 is 2.85 bits per heavy atom. The number of hydrogen-bond acceptors (Lipinski definition) is 4. The summed E-state index contributed by atoms with van der Waals surface area (Å²) in [5.41, 5.74) is 1.85. The highest BCUT2D eigenvalue weighted by Crippen LogP contribution is 2.33. The van der Waals surface area contributed by atoms with Crippen LogP contribution in [0.25, 0.3) is 11.4 Å². The Labute approximate surface area is 154 Å². The standard InChI is InChI=1S/C19H15ClFN3O2/c1-11-8-13(6-7-16(11)21)24-10-12(9-17(24)25)19-22-18(23-26-19)14-4-2-3-5-15(14)20/h2-8,12H,9-10H2,1H3. The Morgan fingerprint density at radius 2 is 2.08 bits per heavy atom. The van der Waals surface area contributed by atoms with Gasteiger partial charge in [-0.2, -0.15) is 4.98 Å². The van der Waals surface area contributed by atoms with Crippen molar-refractivity contribution in [2.45, 2.75) is 19.3 Å². The quantitative estimate of drug-likeness (QED) is 0.686. The van der Waals surface area contributed by atoms with Crippen LogP contribution in [-0.4, -0.2) is 22.6 Å². The van der Waals surface area contributed by atoms with Gasteiger partial charge in [-0.1, -0.05) is 28.9 Å². The van der Waals surface area contributed by atoms with Crippen molar-refractivity contribution in [2.75, 3.05) is 11.4 Å². The molecule has 0 saturated carbocycles. The average molecular weight is 372 g/mol. The summed E-state index contributed by atoms with van der Waals surface area (Å²) < 4.78 is 18.8. The number of carbonyl (C=O) groups is 1. The van der Waals surface area contributed by atoms with Crippen molar-refractivity contribution in [2.24, 2.45) is 0 Å². The van der Waals surface area contributed by atoms with Gasteiger partial charge >= 0.3 is 0 Å². The number of benzene rings is 2. The summed E-state index contributed by atoms with van der Waals surface area (Å²) in [6.07, 6.45) is 0.264. The second kappa shape index (κ2) is 6.53. The second-order valence-electron chi connectivity index (χ2n) is 6.27. The molecule has 1 aliphatic heterocycles. The van der Waals surface area contributed by atoms with E-state index >= 15 is 0 Å². The van der Waals surface area contributed by atoms with Gasteiger partial charge in [0, 0.05) is 24.2 Å². The van der Waals surface area contributed by atoms with Gasteiger partial charge in [-0.25, -0.2) is 4.39 Å². The average Bonchev–Trinajstić information content (AvgIpc) is 3.25. The number of nitrogens with zero attached hydrogens (tertiary/aromatic N) is 3. The molecule has 1 atom stereocenters. The third-order valence-electron chi connectivity index (χ3n) is 4.48. The molecule has 3 aromatic rings. The zero-order valence-electron chi connectivity index (χ0n) is 13.9. The molecule has 2 heterocycles. The Kier molecular flexibility index (Phi) is 4.20. The van der Waals surface area contributed by atoms with E-state index in [1.54, 1.807) is 30.0 Å². The molecule has 1 saturated heterocycles. The van der Waals surface area contributed by atoms with Crippen LogP contribution < -0.4 is 4.90 Å². The predicted molar refractivity (Wildman–Crippen MR) is 95.6 cm³/mol. The SMILES string of the molecule is Cc1cc(N2CC(c3nc(-c4ccccc4Cl)no3)CC2=O)ccc1F. The predicted octanol–water partition coefficient (Wildman–Crippen LogP) is 4.36. The van der Waals surface area contributed by atoms with Crippen LogP contribution in [0.1, 0.15) is 23.8 Å². The van der Waals surface area contributed by atoms with E-state index in [9.17, 15) is 9.18 Å². The summed E-state index contributed by atoms with van der Waals surface area (Å²) in [5.74, 6) is 0.233. The van der Waals surface area contributed by atoms with Crippen molar-refractivity contribution in [1.82, 2.24) is 10.1 Å². The number of hydrogen-bond donors (Lipinski definition) is 0. The van der Waals surface area contributed by atoms with Crippen LogP contribution in [0.3, 0.4) is 0 Å². The van der Waals surface area contributed by atoms with Gasteiger partial charge in [0.05, 0.1) is 10.9 Å². The van der Waals surface area contributed by atoms with E-state index in [0.717, 1.165) is 0 Å². The van der Waals surface area contributed by atoms with Crippen LogP contribution in [0.2, 0.25) is 5.02 Å². The molecule has 7 heteroatoms. The van der Waals surface area contributed by atoms with Gasteiger partial charge in [-0.15, -0.1) is 0 Å². The van der Waals surface area contributed by atoms with E-state index in [-0.39, 0.29) is 24.1 Å². The Morgan fingerprint density at radius 1 is 1.27 bits per heavy atom. The number of aryl methyl sites for hydroxylation is 1. The zero-order valence-corrected chi connectivity index (χ0v) is 14.7. The van der Waals surface area contributed by atoms with Gasteiger partial charge < -0.3 is 9.42 Å². The molecule has 26 heavy (non-hydrogen) atoms. The highest BCUT2D eigenvalue weighted by molar-refractivity contribution is 6.33. The van der Waals surface area contributed by atoms with Gasteiger partial charge in [0.25, 0.3) is 0 Å². The molecular formula is C19H15ClFN3O2. The van der Waals surface area contributed by atoms with Gasteiger partial charge in [0.2, 0.25) is 17.6 Å². The van der Waals surface area contributed by atoms with Crippen molar-refractivity contribution in [1.29, 1.82) is 0 Å². The Balaban J connectivity index is 1.58. The molecule has 0 radical (unpaired) electrons. The van der Waals surface area contributed by atoms with Gasteiger partial charge in [-0.05, 0) is 42.8 Å². The lowest BCUT2D eigenvalue weighted by atomic mass is 10.1. The maximum atomic E-state index is 13.5. The van der Waals surface area contributed by atoms with E-state index in [1.807, 2.05) is 18.2 Å². The minimum atomic E-state index is -0.293. The third kappa shape index (κ3) is 2.97. The fraction of sp³-hybridized carbons (Fsp3) is 0.211. The highest BCUT2D eigenvalue weighted by atomic mass is 35.5. The van der Waals surface area contributed by atoms with Crippen LogP contribution in [-0.2, 0) is 4.79 Å². The lowest BCUT2D eigenvalue weighted by molar-refractivity contribution is -0.117. The van der Waals surface area contributed by atoms with Crippen molar-refractivity contribution < 1.29 is 13.7 Å². The molecule has 1 fully saturated rings. The summed E-state index contributed by atoms with van der Waals surface area (Å²) in [4.78, 5) is 18.4. The number of halogens is 2. The second-order valence-corrected chi connectivity index (χ2v) is 6.68. The maximum Gasteiger partial charge on any atom is 0.232 e. The summed E-state index contributed by atoms with van der Waals surface area (Å²) in [7, 11) is 0. The smallest absolute Gasteiger partial charge is 0.232 e. The number of carbonyl (C=O) groups excluding carboxylic acids is 1. The van der Waals surface area contributed by atoms with Crippen LogP contribution in [0.15, 0.2) is 47.0 Å². The van der Waals surface area contributed by atoms with E-state index in [2.05, 4.69) is 10.1 Å². The normalized spacial score (nSPS) is 17.1. The number of amides is 1. The van der Waals surface area contributed by atoms with Gasteiger partial charge in [-0.3, -0.25) is 4.79 Å². The monoisotopic (exact) mass is 371 g/mol. The van der Waals surface area contributed by atoms with Crippen molar-refractivity contribution in [3.8, 4) is 11.4 Å². The summed E-state index contributed by atoms with van der Waals surface area (Å²) in [6, 6.07) is 11.9. The molecule has 0 spiro atoms. The van der Waals surface area contributed by atoms with Crippen molar-refractivity contribution >= 4 is 23.2 Å². The molecule has 2 aromatic carbocycles. The van der Waals surface area contributed by atoms with Crippen LogP contribution in [0.4, 0.5) is 10.1 Å². The largest absolute Gasteiger partial charge is 0.339 e. The first-order valence-electron chi connectivity index (χ1n) is 8.18. The number of rotatable bonds is 3. The number of aromatic nitrogens is 2. The fourth-order valence-corrected chi connectivity index (χ4v) is 3.29. The van der Waals surface area contributed by atoms with E-state index in [4.69, 9.17) is 16.1 Å². The highest BCUT2D eigenvalue weighted by Gasteiger charge is 2.35. The van der Waals surface area contributed by atoms with E-state index in [0.29, 0.717) is 40.1 Å². The molecule has 1 aromatic heterocycles. The summed E-state index contributed by atoms with van der Waals surface area (Å²) in [5, 5.41) is 4.52. The molecule has 1 amide bonds. The van der Waals surface area contributed by atoms with Crippen molar-refractivity contribution in [3.63, 3.8) is 0 Å². The minimum Gasteiger partial charge on any atom is -0.339 e. The lowest BCUT2D eigenvalue weighted by Gasteiger charge is -2.16. The van der Waals surface area contributed by atoms with Crippen molar-refractivity contribution in [3.05, 3.63) is 64.8 Å². The fourth-order valence-electron chi connectivity index (χ4n) is 3.07. The van der Waals surface area contributed by atoms with Gasteiger partial charge in [0.1, 0.15) is 5.82 Å². The molecular weight excluding hydrogens is 357 g/mol. The molecule has 1 unspecified atom stereocenters. The van der Waals surface area contributed by atoms with Crippen LogP contribution >= 0.6 is 11.6 Å². The molecule has 132 valence electrons. The first-order chi connectivity index (χ1) is 12.5. The molecule has 0 aliphatic carbocycles. The molecule has 5 nitrogen and oxygen atoms in total. The minimum absolute atomic E-state index is 0.0569. The van der Waals surface area contributed by atoms with Crippen LogP contribution in [0, 0.1) is 12.7 Å². The van der Waals surface area contributed by atoms with E-state index in [1.165, 1.54) is 6.07 Å². The maximum absolute atomic E-state index is 13.5. The third-order valence-corrected chi connectivity index (χ3v) is 4.81. The Bertz CT molecular complexity index is 988. The Hall–Kier alpha value is -2.73. The number of anilines is 1. The summed E-state index contributed by atoms with van der Waals surface area (Å²) >= 11 is 6.17. The van der Waals surface area contributed by atoms with E-state index < -0.39 is 0 Å². The zero-order chi connectivity index (χ0) is 18.3. The first kappa shape index (κ1) is 16.7. The lowest BCUT2D eigenvalue weighted by Crippen LogP contribution is -2.24. The molecule has 0 N–H and O–H groups in total.